The quantitative estimate of drug-likeness (QED) is 0.789. The summed E-state index contributed by atoms with van der Waals surface area (Å²) in [6, 6.07) is 7.27. The van der Waals surface area contributed by atoms with Gasteiger partial charge >= 0.3 is 5.97 Å². The second-order valence-corrected chi connectivity index (χ2v) is 6.13. The van der Waals surface area contributed by atoms with Crippen molar-refractivity contribution in [3.63, 3.8) is 0 Å². The zero-order valence-corrected chi connectivity index (χ0v) is 12.7. The summed E-state index contributed by atoms with van der Waals surface area (Å²) in [6.45, 7) is 1.92. The Bertz CT molecular complexity index is 728. The topological polar surface area (TPSA) is 91.3 Å². The van der Waals surface area contributed by atoms with Gasteiger partial charge in [0.25, 0.3) is 0 Å². The average Bonchev–Trinajstić information content (AvgIpc) is 3.18. The molecule has 0 unspecified atom stereocenters. The summed E-state index contributed by atoms with van der Waals surface area (Å²) in [6.07, 6.45) is 0.414. The Balaban J connectivity index is 1.64. The number of nitrogens with zero attached hydrogens (tertiary/aromatic N) is 1. The van der Waals surface area contributed by atoms with Crippen LogP contribution in [0.4, 0.5) is 16.5 Å². The van der Waals surface area contributed by atoms with E-state index in [0.29, 0.717) is 12.1 Å². The number of hydrogen-bond donors (Lipinski definition) is 3. The van der Waals surface area contributed by atoms with Crippen molar-refractivity contribution >= 4 is 39.7 Å². The van der Waals surface area contributed by atoms with Crippen molar-refractivity contribution in [1.29, 1.82) is 0 Å². The molecule has 3 N–H and O–H groups in total. The Morgan fingerprint density at radius 1 is 1.32 bits per heavy atom. The molecule has 7 heteroatoms. The van der Waals surface area contributed by atoms with Gasteiger partial charge in [-0.1, -0.05) is 6.07 Å². The largest absolute Gasteiger partial charge is 0.481 e. The smallest absolute Gasteiger partial charge is 0.307 e. The molecular formula is C15H15N3O3S. The second-order valence-electron chi connectivity index (χ2n) is 5.28. The summed E-state index contributed by atoms with van der Waals surface area (Å²) in [7, 11) is 0. The van der Waals surface area contributed by atoms with Crippen LogP contribution >= 0.6 is 11.3 Å². The number of benzene rings is 1. The molecule has 1 amide bonds. The van der Waals surface area contributed by atoms with Crippen LogP contribution in [0.1, 0.15) is 12.1 Å². The fourth-order valence-electron chi connectivity index (χ4n) is 2.20. The molecule has 1 aliphatic rings. The van der Waals surface area contributed by atoms with E-state index < -0.39 is 17.8 Å². The van der Waals surface area contributed by atoms with Crippen LogP contribution in [0.3, 0.4) is 0 Å². The highest BCUT2D eigenvalue weighted by Crippen LogP contribution is 2.39. The zero-order valence-electron chi connectivity index (χ0n) is 11.9. The summed E-state index contributed by atoms with van der Waals surface area (Å²) < 4.78 is 0. The predicted molar refractivity (Wildman–Crippen MR) is 84.4 cm³/mol. The van der Waals surface area contributed by atoms with Crippen molar-refractivity contribution in [1.82, 2.24) is 4.98 Å². The number of carboxylic acids is 1. The number of nitrogens with one attached hydrogen (secondary N) is 2. The molecule has 1 aromatic heterocycles. The van der Waals surface area contributed by atoms with Crippen LogP contribution in [0.25, 0.3) is 0 Å². The second kappa shape index (κ2) is 5.76. The lowest BCUT2D eigenvalue weighted by Gasteiger charge is -2.07. The van der Waals surface area contributed by atoms with Gasteiger partial charge in [-0.3, -0.25) is 9.59 Å². The maximum atomic E-state index is 12.0. The van der Waals surface area contributed by atoms with Gasteiger partial charge in [-0.05, 0) is 31.5 Å². The van der Waals surface area contributed by atoms with E-state index in [1.54, 1.807) is 12.1 Å². The van der Waals surface area contributed by atoms with E-state index in [0.717, 1.165) is 16.5 Å². The first kappa shape index (κ1) is 14.5. The van der Waals surface area contributed by atoms with Crippen LogP contribution in [0, 0.1) is 18.8 Å². The Labute approximate surface area is 131 Å². The molecule has 0 spiro atoms. The number of aliphatic carboxylic acids is 1. The van der Waals surface area contributed by atoms with Crippen LogP contribution in [0.5, 0.6) is 0 Å². The van der Waals surface area contributed by atoms with Gasteiger partial charge in [-0.25, -0.2) is 4.98 Å². The SMILES string of the molecule is Cc1csc(Nc2cccc(NC(=O)[C@@H]3C[C@@H]3C(=O)O)c2)n1. The molecule has 1 aromatic carbocycles. The zero-order chi connectivity index (χ0) is 15.7. The molecule has 2 aromatic rings. The predicted octanol–water partition coefficient (Wildman–Crippen LogP) is 2.85. The number of thiazole rings is 1. The number of hydrogen-bond acceptors (Lipinski definition) is 5. The van der Waals surface area contributed by atoms with E-state index in [1.807, 2.05) is 24.4 Å². The third-order valence-corrected chi connectivity index (χ3v) is 4.32. The number of carboxylic acid groups (broad SMARTS) is 1. The highest BCUT2D eigenvalue weighted by atomic mass is 32.1. The monoisotopic (exact) mass is 317 g/mol. The Morgan fingerprint density at radius 2 is 2.09 bits per heavy atom. The molecule has 1 saturated carbocycles. The van der Waals surface area contributed by atoms with Crippen LogP contribution in [-0.4, -0.2) is 22.0 Å². The summed E-state index contributed by atoms with van der Waals surface area (Å²) in [5.74, 6) is -2.11. The Morgan fingerprint density at radius 3 is 2.73 bits per heavy atom. The third-order valence-electron chi connectivity index (χ3n) is 3.44. The van der Waals surface area contributed by atoms with Gasteiger partial charge in [0.2, 0.25) is 5.91 Å². The van der Waals surface area contributed by atoms with Gasteiger partial charge in [-0.15, -0.1) is 11.3 Å². The van der Waals surface area contributed by atoms with Crippen LogP contribution in [0.2, 0.25) is 0 Å². The van der Waals surface area contributed by atoms with Crippen LogP contribution in [0.15, 0.2) is 29.6 Å². The normalized spacial score (nSPS) is 19.5. The number of aryl methyl sites for hydroxylation is 1. The van der Waals surface area contributed by atoms with Gasteiger partial charge in [-0.2, -0.15) is 0 Å². The first-order chi connectivity index (χ1) is 10.5. The molecule has 3 rings (SSSR count). The number of amides is 1. The Hall–Kier alpha value is -2.41. The van der Waals surface area contributed by atoms with E-state index >= 15 is 0 Å². The number of aromatic nitrogens is 1. The van der Waals surface area contributed by atoms with E-state index in [4.69, 9.17) is 5.11 Å². The summed E-state index contributed by atoms with van der Waals surface area (Å²) in [5.41, 5.74) is 2.41. The molecule has 0 radical (unpaired) electrons. The van der Waals surface area contributed by atoms with E-state index in [9.17, 15) is 9.59 Å². The number of carbonyl (C=O) groups excluding carboxylic acids is 1. The third kappa shape index (κ3) is 3.25. The van der Waals surface area contributed by atoms with Crippen molar-refractivity contribution in [3.8, 4) is 0 Å². The fourth-order valence-corrected chi connectivity index (χ4v) is 2.91. The molecule has 1 heterocycles. The molecule has 22 heavy (non-hydrogen) atoms. The number of anilines is 3. The molecule has 2 atom stereocenters. The van der Waals surface area contributed by atoms with Gasteiger partial charge in [0.15, 0.2) is 5.13 Å². The van der Waals surface area contributed by atoms with Gasteiger partial charge in [0, 0.05) is 16.8 Å². The minimum Gasteiger partial charge on any atom is -0.481 e. The van der Waals surface area contributed by atoms with Crippen molar-refractivity contribution in [2.75, 3.05) is 10.6 Å². The summed E-state index contributed by atoms with van der Waals surface area (Å²) in [5, 5.41) is 17.5. The standard InChI is InChI=1S/C15H15N3O3S/c1-8-7-22-15(16-8)18-10-4-2-3-9(5-10)17-13(19)11-6-12(11)14(20)21/h2-5,7,11-12H,6H2,1H3,(H,16,18)(H,17,19)(H,20,21)/t11-,12+/m1/s1. The molecule has 1 aliphatic carbocycles. The first-order valence-electron chi connectivity index (χ1n) is 6.86. The maximum Gasteiger partial charge on any atom is 0.307 e. The molecular weight excluding hydrogens is 302 g/mol. The van der Waals surface area contributed by atoms with E-state index in [1.165, 1.54) is 11.3 Å². The van der Waals surface area contributed by atoms with Gasteiger partial charge in [0.1, 0.15) is 0 Å². The minimum atomic E-state index is -0.908. The lowest BCUT2D eigenvalue weighted by molar-refractivity contribution is -0.139. The van der Waals surface area contributed by atoms with Gasteiger partial charge in [0.05, 0.1) is 17.5 Å². The lowest BCUT2D eigenvalue weighted by Crippen LogP contribution is -2.16. The van der Waals surface area contributed by atoms with Crippen molar-refractivity contribution in [3.05, 3.63) is 35.3 Å². The van der Waals surface area contributed by atoms with Crippen molar-refractivity contribution in [2.24, 2.45) is 11.8 Å². The van der Waals surface area contributed by atoms with E-state index in [-0.39, 0.29) is 5.91 Å². The molecule has 114 valence electrons. The van der Waals surface area contributed by atoms with Crippen LogP contribution < -0.4 is 10.6 Å². The van der Waals surface area contributed by atoms with E-state index in [2.05, 4.69) is 15.6 Å². The fraction of sp³-hybridized carbons (Fsp3) is 0.267. The summed E-state index contributed by atoms with van der Waals surface area (Å²) in [4.78, 5) is 27.1. The molecule has 6 nitrogen and oxygen atoms in total. The number of rotatable bonds is 5. The van der Waals surface area contributed by atoms with Crippen molar-refractivity contribution in [2.45, 2.75) is 13.3 Å². The molecule has 0 saturated heterocycles. The molecule has 0 bridgehead atoms. The highest BCUT2D eigenvalue weighted by Gasteiger charge is 2.48. The maximum absolute atomic E-state index is 12.0. The molecule has 1 fully saturated rings. The van der Waals surface area contributed by atoms with Crippen molar-refractivity contribution < 1.29 is 14.7 Å². The lowest BCUT2D eigenvalue weighted by atomic mass is 10.2. The first-order valence-corrected chi connectivity index (χ1v) is 7.74. The summed E-state index contributed by atoms with van der Waals surface area (Å²) >= 11 is 1.51. The van der Waals surface area contributed by atoms with Gasteiger partial charge < -0.3 is 15.7 Å². The average molecular weight is 317 g/mol. The highest BCUT2D eigenvalue weighted by molar-refractivity contribution is 7.13. The number of carbonyl (C=O) groups is 2. The molecule has 0 aliphatic heterocycles. The van der Waals surface area contributed by atoms with Crippen LogP contribution in [-0.2, 0) is 9.59 Å². The Kier molecular flexibility index (Phi) is 3.81. The minimum absolute atomic E-state index is 0.241.